The van der Waals surface area contributed by atoms with Gasteiger partial charge < -0.3 is 4.74 Å². The standard InChI is InChI=1S/C11F21O2/c12-2(13,4(16,17)6(20,21)8(24,25)10(28,29)30)3(14,15)5(18,19)7(22,23)9(26,27)11(31,32)34-1-33. The summed E-state index contributed by atoms with van der Waals surface area (Å²) < 4.78 is 272. The molecule has 0 amide bonds. The van der Waals surface area contributed by atoms with Crippen molar-refractivity contribution in [2.45, 2.75) is 59.7 Å². The normalized spacial score (nSPS) is 16.5. The number of hydrogen-bond acceptors (Lipinski definition) is 2. The fraction of sp³-hybridized carbons (Fsp3) is 0.909. The van der Waals surface area contributed by atoms with Crippen LogP contribution < -0.4 is 0 Å². The molecule has 0 unspecified atom stereocenters. The Morgan fingerprint density at radius 2 is 0.559 bits per heavy atom. The van der Waals surface area contributed by atoms with Gasteiger partial charge in [0.2, 0.25) is 0 Å². The highest BCUT2D eigenvalue weighted by Crippen LogP contribution is 2.66. The summed E-state index contributed by atoms with van der Waals surface area (Å²) >= 11 is 0. The molecule has 0 bridgehead atoms. The van der Waals surface area contributed by atoms with Crippen LogP contribution in [0.1, 0.15) is 0 Å². The first-order valence-electron chi connectivity index (χ1n) is 6.83. The molecule has 0 saturated heterocycles. The third kappa shape index (κ3) is 3.66. The number of halogens is 21. The van der Waals surface area contributed by atoms with E-state index in [1.54, 1.807) is 4.74 Å². The summed E-state index contributed by atoms with van der Waals surface area (Å²) in [5, 5.41) is 0. The molecule has 0 heterocycles. The second kappa shape index (κ2) is 7.75. The minimum Gasteiger partial charge on any atom is -0.387 e. The molecule has 0 N–H and O–H groups in total. The number of hydrogen-bond donors (Lipinski definition) is 0. The van der Waals surface area contributed by atoms with Crippen LogP contribution in [0.15, 0.2) is 0 Å². The molecular weight excluding hydrogens is 563 g/mol. The predicted octanol–water partition coefficient (Wildman–Crippen LogP) is 6.31. The monoisotopic (exact) mass is 563 g/mol. The molecule has 0 aromatic rings. The van der Waals surface area contributed by atoms with Crippen LogP contribution in [0.2, 0.25) is 0 Å². The van der Waals surface area contributed by atoms with E-state index in [1.807, 2.05) is 0 Å². The first kappa shape index (κ1) is 32.0. The first-order valence-corrected chi connectivity index (χ1v) is 6.83. The van der Waals surface area contributed by atoms with Gasteiger partial charge in [0.1, 0.15) is 0 Å². The summed E-state index contributed by atoms with van der Waals surface area (Å²) in [6, 6.07) is 0. The summed E-state index contributed by atoms with van der Waals surface area (Å²) in [5.74, 6) is -71.2. The number of carbonyl (C=O) groups excluding carboxylic acids is 1. The summed E-state index contributed by atoms with van der Waals surface area (Å²) in [6.45, 7) is -0.821. The lowest BCUT2D eigenvalue weighted by Crippen LogP contribution is -2.77. The van der Waals surface area contributed by atoms with Gasteiger partial charge in [-0.3, -0.25) is 0 Å². The third-order valence-electron chi connectivity index (χ3n) is 3.65. The van der Waals surface area contributed by atoms with E-state index in [1.165, 1.54) is 0 Å². The topological polar surface area (TPSA) is 26.3 Å². The fourth-order valence-corrected chi connectivity index (χ4v) is 1.66. The molecule has 0 rings (SSSR count). The van der Waals surface area contributed by atoms with Crippen molar-refractivity contribution in [3.63, 3.8) is 0 Å². The molecule has 0 spiro atoms. The van der Waals surface area contributed by atoms with Crippen molar-refractivity contribution in [1.29, 1.82) is 0 Å². The van der Waals surface area contributed by atoms with Crippen molar-refractivity contribution in [1.82, 2.24) is 0 Å². The highest BCUT2D eigenvalue weighted by molar-refractivity contribution is 5.39. The fourth-order valence-electron chi connectivity index (χ4n) is 1.66. The van der Waals surface area contributed by atoms with Gasteiger partial charge in [-0.25, -0.2) is 4.79 Å². The quantitative estimate of drug-likeness (QED) is 0.292. The van der Waals surface area contributed by atoms with Crippen molar-refractivity contribution in [2.75, 3.05) is 0 Å². The van der Waals surface area contributed by atoms with Crippen molar-refractivity contribution in [2.24, 2.45) is 0 Å². The Balaban J connectivity index is 7.04. The van der Waals surface area contributed by atoms with Crippen LogP contribution >= 0.6 is 0 Å². The largest absolute Gasteiger partial charge is 0.473 e. The zero-order chi connectivity index (χ0) is 28.4. The number of alkyl halides is 21. The highest BCUT2D eigenvalue weighted by atomic mass is 19.4. The van der Waals surface area contributed by atoms with Gasteiger partial charge in [-0.2, -0.15) is 92.2 Å². The number of rotatable bonds is 10. The molecule has 34 heavy (non-hydrogen) atoms. The Morgan fingerprint density at radius 1 is 0.353 bits per heavy atom. The molecule has 0 aliphatic carbocycles. The van der Waals surface area contributed by atoms with Gasteiger partial charge in [0.05, 0.1) is 0 Å². The molecule has 2 nitrogen and oxygen atoms in total. The molecule has 23 heteroatoms. The second-order valence-electron chi connectivity index (χ2n) is 5.80. The van der Waals surface area contributed by atoms with E-state index in [2.05, 4.69) is 0 Å². The molecule has 0 aliphatic heterocycles. The lowest BCUT2D eigenvalue weighted by Gasteiger charge is -2.44. The van der Waals surface area contributed by atoms with Crippen LogP contribution in [0, 0.1) is 0 Å². The Kier molecular flexibility index (Phi) is 7.29. The van der Waals surface area contributed by atoms with E-state index in [-0.39, 0.29) is 0 Å². The Hall–Kier alpha value is -2.00. The summed E-state index contributed by atoms with van der Waals surface area (Å²) in [5.41, 5.74) is 0. The summed E-state index contributed by atoms with van der Waals surface area (Å²) in [6.07, 6.45) is -15.4. The van der Waals surface area contributed by atoms with Gasteiger partial charge in [0.25, 0.3) is 0 Å². The Bertz CT molecular complexity index is 761. The van der Waals surface area contributed by atoms with Crippen LogP contribution in [0.4, 0.5) is 92.2 Å². The predicted molar refractivity (Wildman–Crippen MR) is 57.4 cm³/mol. The second-order valence-corrected chi connectivity index (χ2v) is 5.80. The molecule has 0 aromatic carbocycles. The molecule has 1 radical (unpaired) electrons. The highest BCUT2D eigenvalue weighted by Gasteiger charge is 2.98. The van der Waals surface area contributed by atoms with E-state index >= 15 is 0 Å². The molecule has 0 atom stereocenters. The first-order chi connectivity index (χ1) is 14.3. The molecule has 0 saturated carbocycles. The van der Waals surface area contributed by atoms with Gasteiger partial charge in [0.15, 0.2) is 0 Å². The summed E-state index contributed by atoms with van der Waals surface area (Å²) in [4.78, 5) is 9.41. The maximum atomic E-state index is 13.3. The van der Waals surface area contributed by atoms with Crippen LogP contribution in [0.3, 0.4) is 0 Å². The van der Waals surface area contributed by atoms with Crippen molar-refractivity contribution in [3.05, 3.63) is 0 Å². The van der Waals surface area contributed by atoms with Crippen LogP contribution in [-0.4, -0.2) is 66.1 Å². The molecule has 0 aromatic heterocycles. The zero-order valence-corrected chi connectivity index (χ0v) is 14.3. The van der Waals surface area contributed by atoms with Crippen LogP contribution in [-0.2, 0) is 9.53 Å². The smallest absolute Gasteiger partial charge is 0.387 e. The van der Waals surface area contributed by atoms with Crippen LogP contribution in [0.5, 0.6) is 0 Å². The third-order valence-corrected chi connectivity index (χ3v) is 3.65. The molecule has 0 aliphatic rings. The lowest BCUT2D eigenvalue weighted by molar-refractivity contribution is -0.481. The van der Waals surface area contributed by atoms with Gasteiger partial charge in [-0.15, -0.1) is 0 Å². The van der Waals surface area contributed by atoms with Crippen molar-refractivity contribution in [3.8, 4) is 0 Å². The SMILES string of the molecule is O=[C]OC(F)(F)C(F)(F)C(F)(F)C(F)(F)C(F)(F)C(F)(F)C(F)(F)C(F)(F)C(F)(F)C(F)(F)F. The van der Waals surface area contributed by atoms with Gasteiger partial charge >= 0.3 is 66.1 Å². The van der Waals surface area contributed by atoms with Crippen molar-refractivity contribution >= 4 is 6.47 Å². The lowest BCUT2D eigenvalue weighted by atomic mass is 9.87. The van der Waals surface area contributed by atoms with E-state index in [9.17, 15) is 97.0 Å². The summed E-state index contributed by atoms with van der Waals surface area (Å²) in [7, 11) is 0. The molecule has 203 valence electrons. The molecule has 0 fully saturated rings. The van der Waals surface area contributed by atoms with Crippen LogP contribution in [0.25, 0.3) is 0 Å². The van der Waals surface area contributed by atoms with E-state index < -0.39 is 66.1 Å². The molecular formula is C11F21O2. The zero-order valence-electron chi connectivity index (χ0n) is 14.3. The maximum absolute atomic E-state index is 13.3. The minimum absolute atomic E-state index is 0.821. The average Bonchev–Trinajstić information content (AvgIpc) is 2.59. The number of ether oxygens (including phenoxy) is 1. The Labute approximate surface area is 169 Å². The maximum Gasteiger partial charge on any atom is 0.473 e. The Morgan fingerprint density at radius 3 is 0.765 bits per heavy atom. The van der Waals surface area contributed by atoms with E-state index in [4.69, 9.17) is 0 Å². The minimum atomic E-state index is -9.24. The van der Waals surface area contributed by atoms with Gasteiger partial charge in [-0.05, 0) is 0 Å². The average molecular weight is 563 g/mol. The van der Waals surface area contributed by atoms with E-state index in [0.29, 0.717) is 0 Å². The van der Waals surface area contributed by atoms with Crippen molar-refractivity contribution < 1.29 is 102 Å². The van der Waals surface area contributed by atoms with E-state index in [0.717, 1.165) is 0 Å². The van der Waals surface area contributed by atoms with Gasteiger partial charge in [-0.1, -0.05) is 0 Å². The van der Waals surface area contributed by atoms with Gasteiger partial charge in [0, 0.05) is 0 Å².